The lowest BCUT2D eigenvalue weighted by Gasteiger charge is -1.94. The molecular weight excluding hydrogens is 212 g/mol. The van der Waals surface area contributed by atoms with Crippen molar-refractivity contribution >= 4 is 0 Å². The van der Waals surface area contributed by atoms with E-state index in [1.807, 2.05) is 13.8 Å². The summed E-state index contributed by atoms with van der Waals surface area (Å²) in [4.78, 5) is 26.6. The highest BCUT2D eigenvalue weighted by Crippen LogP contribution is 2.17. The number of H-pyrrole nitrogens is 2. The highest BCUT2D eigenvalue weighted by atomic mass is 16.4. The molecule has 0 bridgehead atoms. The number of rotatable bonds is 2. The van der Waals surface area contributed by atoms with E-state index in [4.69, 9.17) is 4.42 Å². The van der Waals surface area contributed by atoms with Crippen LogP contribution in [-0.4, -0.2) is 20.2 Å². The van der Waals surface area contributed by atoms with Crippen molar-refractivity contribution in [3.05, 3.63) is 32.9 Å². The van der Waals surface area contributed by atoms with Gasteiger partial charge in [-0.3, -0.25) is 9.78 Å². The number of nitrogens with one attached hydrogen (secondary N) is 2. The third-order valence-corrected chi connectivity index (χ3v) is 1.98. The van der Waals surface area contributed by atoms with Crippen molar-refractivity contribution in [1.82, 2.24) is 20.2 Å². The van der Waals surface area contributed by atoms with Crippen molar-refractivity contribution in [3.8, 4) is 11.5 Å². The molecule has 2 N–H and O–H groups in total. The minimum Gasteiger partial charge on any atom is -0.420 e. The Balaban J connectivity index is 2.51. The van der Waals surface area contributed by atoms with Crippen molar-refractivity contribution in [2.45, 2.75) is 19.8 Å². The van der Waals surface area contributed by atoms with Crippen LogP contribution in [0.5, 0.6) is 0 Å². The molecule has 2 aromatic rings. The van der Waals surface area contributed by atoms with Gasteiger partial charge in [0, 0.05) is 12.1 Å². The minimum atomic E-state index is -0.572. The average Bonchev–Trinajstić information content (AvgIpc) is 2.66. The zero-order chi connectivity index (χ0) is 11.7. The van der Waals surface area contributed by atoms with Crippen LogP contribution in [0.15, 0.2) is 20.2 Å². The highest BCUT2D eigenvalue weighted by Gasteiger charge is 2.14. The molecule has 84 valence electrons. The van der Waals surface area contributed by atoms with Crippen molar-refractivity contribution in [2.24, 2.45) is 0 Å². The van der Waals surface area contributed by atoms with Crippen LogP contribution in [0, 0.1) is 0 Å². The Morgan fingerprint density at radius 3 is 2.62 bits per heavy atom. The molecule has 0 saturated carbocycles. The van der Waals surface area contributed by atoms with E-state index in [2.05, 4.69) is 20.2 Å². The lowest BCUT2D eigenvalue weighted by atomic mass is 10.2. The largest absolute Gasteiger partial charge is 0.420 e. The molecule has 0 unspecified atom stereocenters. The number of aromatic nitrogens is 4. The smallest absolute Gasteiger partial charge is 0.325 e. The maximum atomic E-state index is 11.4. The molecule has 0 saturated heterocycles. The summed E-state index contributed by atoms with van der Waals surface area (Å²) in [5, 5.41) is 7.53. The molecule has 2 rings (SSSR count). The molecule has 0 aliphatic heterocycles. The topological polar surface area (TPSA) is 105 Å². The fourth-order valence-electron chi connectivity index (χ4n) is 1.15. The Labute approximate surface area is 89.5 Å². The van der Waals surface area contributed by atoms with Crippen LogP contribution in [0.25, 0.3) is 11.5 Å². The first-order valence-electron chi connectivity index (χ1n) is 4.73. The SMILES string of the molecule is CC(C)c1nnc(-c2c[nH]c(=O)[nH]c2=O)o1. The van der Waals surface area contributed by atoms with Crippen LogP contribution in [0.4, 0.5) is 0 Å². The second-order valence-electron chi connectivity index (χ2n) is 3.59. The summed E-state index contributed by atoms with van der Waals surface area (Å²) < 4.78 is 5.29. The summed E-state index contributed by atoms with van der Waals surface area (Å²) in [6, 6.07) is 0. The molecule has 0 aliphatic rings. The monoisotopic (exact) mass is 222 g/mol. The van der Waals surface area contributed by atoms with E-state index in [0.29, 0.717) is 5.89 Å². The summed E-state index contributed by atoms with van der Waals surface area (Å²) in [5.41, 5.74) is -0.973. The fourth-order valence-corrected chi connectivity index (χ4v) is 1.15. The van der Waals surface area contributed by atoms with Crippen molar-refractivity contribution in [2.75, 3.05) is 0 Å². The molecule has 16 heavy (non-hydrogen) atoms. The number of aromatic amines is 2. The van der Waals surface area contributed by atoms with E-state index in [9.17, 15) is 9.59 Å². The van der Waals surface area contributed by atoms with Gasteiger partial charge in [-0.2, -0.15) is 0 Å². The predicted octanol–water partition coefficient (Wildman–Crippen LogP) is 0.237. The van der Waals surface area contributed by atoms with Crippen LogP contribution >= 0.6 is 0 Å². The lowest BCUT2D eigenvalue weighted by molar-refractivity contribution is 0.480. The molecule has 0 aliphatic carbocycles. The van der Waals surface area contributed by atoms with E-state index >= 15 is 0 Å². The van der Waals surface area contributed by atoms with Crippen LogP contribution in [0.2, 0.25) is 0 Å². The number of hydrogen-bond donors (Lipinski definition) is 2. The van der Waals surface area contributed by atoms with Gasteiger partial charge in [0.05, 0.1) is 0 Å². The van der Waals surface area contributed by atoms with Crippen LogP contribution in [0.1, 0.15) is 25.7 Å². The third-order valence-electron chi connectivity index (χ3n) is 1.98. The van der Waals surface area contributed by atoms with E-state index in [1.54, 1.807) is 0 Å². The molecule has 7 heteroatoms. The Kier molecular flexibility index (Phi) is 2.43. The summed E-state index contributed by atoms with van der Waals surface area (Å²) in [6.07, 6.45) is 1.25. The first-order valence-corrected chi connectivity index (χ1v) is 4.73. The second kappa shape index (κ2) is 3.76. The average molecular weight is 222 g/mol. The van der Waals surface area contributed by atoms with Gasteiger partial charge < -0.3 is 9.40 Å². The highest BCUT2D eigenvalue weighted by molar-refractivity contribution is 5.48. The predicted molar refractivity (Wildman–Crippen MR) is 55.1 cm³/mol. The molecule has 7 nitrogen and oxygen atoms in total. The maximum Gasteiger partial charge on any atom is 0.325 e. The van der Waals surface area contributed by atoms with Gasteiger partial charge in [-0.05, 0) is 0 Å². The van der Waals surface area contributed by atoms with Crippen LogP contribution in [0.3, 0.4) is 0 Å². The molecule has 2 aromatic heterocycles. The zero-order valence-electron chi connectivity index (χ0n) is 8.77. The van der Waals surface area contributed by atoms with Gasteiger partial charge in [0.2, 0.25) is 5.89 Å². The van der Waals surface area contributed by atoms with Crippen LogP contribution in [-0.2, 0) is 0 Å². The summed E-state index contributed by atoms with van der Waals surface area (Å²) in [6.45, 7) is 3.79. The molecule has 0 atom stereocenters. The quantitative estimate of drug-likeness (QED) is 0.757. The summed E-state index contributed by atoms with van der Waals surface area (Å²) in [7, 11) is 0. The molecule has 0 aromatic carbocycles. The maximum absolute atomic E-state index is 11.4. The molecule has 0 amide bonds. The standard InChI is InChI=1S/C9H10N4O3/c1-4(2)7-12-13-8(16-7)5-3-10-9(15)11-6(5)14/h3-4H,1-2H3,(H2,10,11,14,15). The first-order chi connectivity index (χ1) is 7.58. The third kappa shape index (κ3) is 1.79. The van der Waals surface area contributed by atoms with Gasteiger partial charge in [-0.15, -0.1) is 10.2 Å². The van der Waals surface area contributed by atoms with E-state index in [1.165, 1.54) is 6.20 Å². The van der Waals surface area contributed by atoms with Gasteiger partial charge in [0.15, 0.2) is 0 Å². The van der Waals surface area contributed by atoms with E-state index in [0.717, 1.165) is 0 Å². The fraction of sp³-hybridized carbons (Fsp3) is 0.333. The Morgan fingerprint density at radius 1 is 1.31 bits per heavy atom. The van der Waals surface area contributed by atoms with Gasteiger partial charge in [-0.1, -0.05) is 13.8 Å². The Morgan fingerprint density at radius 2 is 2.06 bits per heavy atom. The normalized spacial score (nSPS) is 10.9. The van der Waals surface area contributed by atoms with Crippen LogP contribution < -0.4 is 11.2 Å². The minimum absolute atomic E-state index is 0.0862. The molecular formula is C9H10N4O3. The zero-order valence-corrected chi connectivity index (χ0v) is 8.77. The summed E-state index contributed by atoms with van der Waals surface area (Å²) >= 11 is 0. The lowest BCUT2D eigenvalue weighted by Crippen LogP contribution is -2.22. The molecule has 0 fully saturated rings. The van der Waals surface area contributed by atoms with Crippen molar-refractivity contribution in [1.29, 1.82) is 0 Å². The number of nitrogens with zero attached hydrogens (tertiary/aromatic N) is 2. The van der Waals surface area contributed by atoms with E-state index < -0.39 is 11.2 Å². The summed E-state index contributed by atoms with van der Waals surface area (Å²) in [5.74, 6) is 0.630. The second-order valence-corrected chi connectivity index (χ2v) is 3.59. The van der Waals surface area contributed by atoms with Gasteiger partial charge >= 0.3 is 5.69 Å². The van der Waals surface area contributed by atoms with Gasteiger partial charge in [-0.25, -0.2) is 4.79 Å². The number of hydrogen-bond acceptors (Lipinski definition) is 5. The molecule has 2 heterocycles. The Hall–Kier alpha value is -2.18. The van der Waals surface area contributed by atoms with Gasteiger partial charge in [0.1, 0.15) is 5.56 Å². The first kappa shape index (κ1) is 10.3. The van der Waals surface area contributed by atoms with E-state index in [-0.39, 0.29) is 17.4 Å². The molecule has 0 radical (unpaired) electrons. The van der Waals surface area contributed by atoms with Crippen molar-refractivity contribution in [3.63, 3.8) is 0 Å². The Bertz CT molecular complexity index is 607. The van der Waals surface area contributed by atoms with Gasteiger partial charge in [0.25, 0.3) is 11.4 Å². The molecule has 0 spiro atoms. The van der Waals surface area contributed by atoms with Crippen molar-refractivity contribution < 1.29 is 4.42 Å².